The zero-order valence-electron chi connectivity index (χ0n) is 24.4. The van der Waals surface area contributed by atoms with Crippen LogP contribution in [0.2, 0.25) is 5.02 Å². The standard InChI is InChI=1S/C28H28ClN3O6S.C2H2O4/c1-4-30(2)15-16-31-23-7-5-6-8-24(23)39-26(18-9-12-20(37-3)13-10-18)25(27(31)33)38-28(34)21-14-11-19(32(35)36)17-22(21)29;3-1(4)2(5)6/h5-14,17,25-26H,4,15-16H2,1-3H3;(H,3,4)(H,5,6)/t25-,26+;/m0./s1. The predicted molar refractivity (Wildman–Crippen MR) is 166 cm³/mol. The molecule has 0 saturated heterocycles. The smallest absolute Gasteiger partial charge is 0.414 e. The van der Waals surface area contributed by atoms with Crippen LogP contribution >= 0.6 is 23.4 Å². The molecule has 0 fully saturated rings. The number of benzene rings is 3. The van der Waals surface area contributed by atoms with Gasteiger partial charge in [-0.1, -0.05) is 42.8 Å². The summed E-state index contributed by atoms with van der Waals surface area (Å²) in [6.07, 6.45) is -1.21. The lowest BCUT2D eigenvalue weighted by Gasteiger charge is -2.29. The molecule has 0 unspecified atom stereocenters. The Bertz CT molecular complexity index is 1560. The van der Waals surface area contributed by atoms with Crippen LogP contribution in [0.15, 0.2) is 71.6 Å². The number of likely N-dealkylation sites (N-methyl/N-ethyl adjacent to an activating group) is 1. The monoisotopic (exact) mass is 659 g/mol. The average molecular weight is 660 g/mol. The van der Waals surface area contributed by atoms with Crippen molar-refractivity contribution in [2.75, 3.05) is 38.7 Å². The highest BCUT2D eigenvalue weighted by molar-refractivity contribution is 7.99. The largest absolute Gasteiger partial charge is 0.497 e. The highest BCUT2D eigenvalue weighted by atomic mass is 35.5. The number of thioether (sulfide) groups is 1. The van der Waals surface area contributed by atoms with E-state index in [0.29, 0.717) is 18.8 Å². The van der Waals surface area contributed by atoms with E-state index in [1.807, 2.05) is 50.4 Å². The fourth-order valence-electron chi connectivity index (χ4n) is 4.15. The summed E-state index contributed by atoms with van der Waals surface area (Å²) < 4.78 is 11.2. The number of rotatable bonds is 9. The molecule has 2 atom stereocenters. The quantitative estimate of drug-likeness (QED) is 0.139. The molecule has 0 spiro atoms. The molecule has 3 aromatic rings. The molecule has 1 aliphatic heterocycles. The molecular weight excluding hydrogens is 630 g/mol. The highest BCUT2D eigenvalue weighted by Gasteiger charge is 2.41. The number of nitro groups is 1. The number of hydrogen-bond acceptors (Lipinski definition) is 10. The van der Waals surface area contributed by atoms with Crippen LogP contribution in [-0.2, 0) is 19.1 Å². The van der Waals surface area contributed by atoms with Crippen molar-refractivity contribution in [2.45, 2.75) is 23.2 Å². The first-order chi connectivity index (χ1) is 21.4. The Morgan fingerprint density at radius 3 is 2.27 bits per heavy atom. The van der Waals surface area contributed by atoms with Crippen molar-refractivity contribution in [3.05, 3.63) is 93.0 Å². The van der Waals surface area contributed by atoms with E-state index in [-0.39, 0.29) is 22.2 Å². The van der Waals surface area contributed by atoms with Gasteiger partial charge in [-0.05, 0) is 49.5 Å². The first kappa shape index (κ1) is 34.8. The van der Waals surface area contributed by atoms with E-state index in [1.54, 1.807) is 24.1 Å². The molecule has 0 radical (unpaired) electrons. The molecule has 13 nitrogen and oxygen atoms in total. The topological polar surface area (TPSA) is 177 Å². The maximum Gasteiger partial charge on any atom is 0.414 e. The van der Waals surface area contributed by atoms with Crippen LogP contribution in [0.1, 0.15) is 28.1 Å². The summed E-state index contributed by atoms with van der Waals surface area (Å²) in [5.41, 5.74) is 1.19. The van der Waals surface area contributed by atoms with Gasteiger partial charge in [-0.15, -0.1) is 11.8 Å². The Kier molecular flexibility index (Phi) is 12.3. The van der Waals surface area contributed by atoms with Gasteiger partial charge in [-0.25, -0.2) is 14.4 Å². The number of aliphatic carboxylic acids is 2. The maximum atomic E-state index is 14.2. The highest BCUT2D eigenvalue weighted by Crippen LogP contribution is 2.47. The number of nitro benzene ring substituents is 1. The molecule has 1 aliphatic rings. The molecule has 0 bridgehead atoms. The van der Waals surface area contributed by atoms with E-state index in [4.69, 9.17) is 40.9 Å². The number of halogens is 1. The third-order valence-electron chi connectivity index (χ3n) is 6.68. The molecular formula is C30H30ClN3O10S. The van der Waals surface area contributed by atoms with Crippen molar-refractivity contribution in [2.24, 2.45) is 0 Å². The van der Waals surface area contributed by atoms with Gasteiger partial charge in [0.05, 0.1) is 33.6 Å². The summed E-state index contributed by atoms with van der Waals surface area (Å²) in [5.74, 6) is -4.21. The number of fused-ring (bicyclic) bond motifs is 1. The van der Waals surface area contributed by atoms with Crippen molar-refractivity contribution in [1.29, 1.82) is 0 Å². The van der Waals surface area contributed by atoms with Crippen LogP contribution < -0.4 is 9.64 Å². The van der Waals surface area contributed by atoms with Gasteiger partial charge in [0.1, 0.15) is 5.75 Å². The Morgan fingerprint density at radius 1 is 1.07 bits per heavy atom. The Morgan fingerprint density at radius 2 is 1.71 bits per heavy atom. The summed E-state index contributed by atoms with van der Waals surface area (Å²) in [7, 11) is 3.54. The first-order valence-electron chi connectivity index (χ1n) is 13.4. The van der Waals surface area contributed by atoms with Crippen molar-refractivity contribution >= 4 is 58.6 Å². The molecule has 3 aromatic carbocycles. The second-order valence-corrected chi connectivity index (χ2v) is 11.1. The Hall–Kier alpha value is -4.66. The number of anilines is 1. The predicted octanol–water partition coefficient (Wildman–Crippen LogP) is 4.77. The first-order valence-corrected chi connectivity index (χ1v) is 14.6. The number of para-hydroxylation sites is 1. The van der Waals surface area contributed by atoms with Crippen molar-refractivity contribution in [3.63, 3.8) is 0 Å². The third kappa shape index (κ3) is 8.94. The second-order valence-electron chi connectivity index (χ2n) is 9.52. The maximum absolute atomic E-state index is 14.2. The summed E-state index contributed by atoms with van der Waals surface area (Å²) in [6, 6.07) is 18.4. The van der Waals surface area contributed by atoms with Gasteiger partial charge < -0.3 is 29.5 Å². The number of ether oxygens (including phenoxy) is 2. The van der Waals surface area contributed by atoms with Gasteiger partial charge in [0.2, 0.25) is 0 Å². The molecule has 0 aromatic heterocycles. The number of hydrogen-bond donors (Lipinski definition) is 2. The van der Waals surface area contributed by atoms with Crippen molar-refractivity contribution in [1.82, 2.24) is 4.90 Å². The van der Waals surface area contributed by atoms with Gasteiger partial charge in [0.15, 0.2) is 6.10 Å². The van der Waals surface area contributed by atoms with E-state index >= 15 is 0 Å². The van der Waals surface area contributed by atoms with Crippen molar-refractivity contribution in [3.8, 4) is 5.75 Å². The lowest BCUT2D eigenvalue weighted by atomic mass is 10.0. The van der Waals surface area contributed by atoms with E-state index in [9.17, 15) is 19.7 Å². The molecule has 2 N–H and O–H groups in total. The van der Waals surface area contributed by atoms with Crippen molar-refractivity contribution < 1.29 is 43.8 Å². The fraction of sp³-hybridized carbons (Fsp3) is 0.267. The third-order valence-corrected chi connectivity index (χ3v) is 8.37. The molecule has 45 heavy (non-hydrogen) atoms. The number of amides is 1. The van der Waals surface area contributed by atoms with Crippen LogP contribution in [0.3, 0.4) is 0 Å². The lowest BCUT2D eigenvalue weighted by Crippen LogP contribution is -2.45. The molecule has 15 heteroatoms. The number of esters is 1. The number of non-ortho nitro benzene ring substituents is 1. The Labute approximate surface area is 267 Å². The van der Waals surface area contributed by atoms with Crippen LogP contribution in [0.25, 0.3) is 0 Å². The molecule has 4 rings (SSSR count). The van der Waals surface area contributed by atoms with E-state index in [0.717, 1.165) is 28.8 Å². The number of carbonyl (C=O) groups excluding carboxylic acids is 2. The molecule has 0 aliphatic carbocycles. The van der Waals surface area contributed by atoms with E-state index in [1.165, 1.54) is 23.9 Å². The van der Waals surface area contributed by atoms with E-state index in [2.05, 4.69) is 4.90 Å². The van der Waals surface area contributed by atoms with Crippen LogP contribution in [0.5, 0.6) is 5.75 Å². The zero-order chi connectivity index (χ0) is 33.3. The summed E-state index contributed by atoms with van der Waals surface area (Å²) in [4.78, 5) is 60.9. The van der Waals surface area contributed by atoms with Crippen LogP contribution in [-0.4, -0.2) is 83.7 Å². The van der Waals surface area contributed by atoms with Gasteiger partial charge in [0, 0.05) is 30.1 Å². The van der Waals surface area contributed by atoms with E-state index < -0.39 is 34.2 Å². The number of carboxylic acids is 2. The number of methoxy groups -OCH3 is 1. The minimum Gasteiger partial charge on any atom is -0.497 e. The second kappa shape index (κ2) is 15.9. The lowest BCUT2D eigenvalue weighted by molar-refractivity contribution is -0.384. The minimum atomic E-state index is -1.82. The number of nitrogens with zero attached hydrogens (tertiary/aromatic N) is 3. The summed E-state index contributed by atoms with van der Waals surface area (Å²) >= 11 is 7.65. The molecule has 1 amide bonds. The SMILES string of the molecule is CCN(C)CCN1C(=O)[C@@H](OC(=O)c2ccc([N+](=O)[O-])cc2Cl)[C@@H](c2ccc(OC)cc2)Sc2ccccc21.O=C(O)C(=O)O. The van der Waals surface area contributed by atoms with Crippen LogP contribution in [0.4, 0.5) is 11.4 Å². The van der Waals surface area contributed by atoms with Crippen LogP contribution in [0, 0.1) is 10.1 Å². The van der Waals surface area contributed by atoms with Gasteiger partial charge in [-0.2, -0.15) is 0 Å². The number of carboxylic acid groups (broad SMARTS) is 2. The summed E-state index contributed by atoms with van der Waals surface area (Å²) in [6.45, 7) is 3.85. The van der Waals surface area contributed by atoms with Gasteiger partial charge in [-0.3, -0.25) is 14.9 Å². The molecule has 238 valence electrons. The molecule has 1 heterocycles. The summed E-state index contributed by atoms with van der Waals surface area (Å²) in [5, 5.41) is 25.2. The Balaban J connectivity index is 0.000000838. The molecule has 0 saturated carbocycles. The average Bonchev–Trinajstić information content (AvgIpc) is 3.13. The zero-order valence-corrected chi connectivity index (χ0v) is 26.0. The normalized spacial score (nSPS) is 15.7. The fourth-order valence-corrected chi connectivity index (χ4v) is 5.72. The van der Waals surface area contributed by atoms with Gasteiger partial charge in [0.25, 0.3) is 11.6 Å². The number of carbonyl (C=O) groups is 4. The minimum absolute atomic E-state index is 0.0624. The van der Waals surface area contributed by atoms with Gasteiger partial charge >= 0.3 is 17.9 Å².